The summed E-state index contributed by atoms with van der Waals surface area (Å²) in [4.78, 5) is 16.7. The van der Waals surface area contributed by atoms with Crippen molar-refractivity contribution in [2.75, 3.05) is 20.8 Å². The largest absolute Gasteiger partial charge is 0.496 e. The second-order valence-corrected chi connectivity index (χ2v) is 10.3. The van der Waals surface area contributed by atoms with Crippen molar-refractivity contribution in [2.45, 2.75) is 29.9 Å². The molecule has 0 amide bonds. The summed E-state index contributed by atoms with van der Waals surface area (Å²) in [6.45, 7) is 0.351. The molecule has 1 unspecified atom stereocenters. The van der Waals surface area contributed by atoms with Crippen molar-refractivity contribution in [2.24, 2.45) is 10.7 Å². The van der Waals surface area contributed by atoms with Gasteiger partial charge in [-0.15, -0.1) is 0 Å². The van der Waals surface area contributed by atoms with Gasteiger partial charge in [0.05, 0.1) is 24.7 Å². The molecule has 0 aliphatic carbocycles. The lowest BCUT2D eigenvalue weighted by Gasteiger charge is -2.36. The summed E-state index contributed by atoms with van der Waals surface area (Å²) in [5.41, 5.74) is 8.62. The second-order valence-electron chi connectivity index (χ2n) is 8.43. The number of hydrogen-bond acceptors (Lipinski definition) is 8. The monoisotopic (exact) mass is 523 g/mol. The van der Waals surface area contributed by atoms with Crippen LogP contribution in [0.2, 0.25) is 0 Å². The third-order valence-corrected chi connectivity index (χ3v) is 8.03. The normalized spacial score (nSPS) is 16.7. The van der Waals surface area contributed by atoms with E-state index in [1.807, 2.05) is 42.5 Å². The van der Waals surface area contributed by atoms with Crippen molar-refractivity contribution in [1.82, 2.24) is 4.31 Å². The first kappa shape index (κ1) is 26.3. The molecule has 0 bridgehead atoms. The zero-order valence-corrected chi connectivity index (χ0v) is 21.4. The Morgan fingerprint density at radius 3 is 2.24 bits per heavy atom. The predicted octanol–water partition coefficient (Wildman–Crippen LogP) is 3.23. The van der Waals surface area contributed by atoms with E-state index in [4.69, 9.17) is 19.9 Å². The van der Waals surface area contributed by atoms with Crippen LogP contribution in [-0.2, 0) is 26.0 Å². The molecule has 0 spiro atoms. The quantitative estimate of drug-likeness (QED) is 0.246. The summed E-state index contributed by atoms with van der Waals surface area (Å²) in [5.74, 6) is 0.720. The molecule has 37 heavy (non-hydrogen) atoms. The number of ether oxygens (including phenoxy) is 3. The molecule has 1 fully saturated rings. The van der Waals surface area contributed by atoms with Crippen LogP contribution in [0.3, 0.4) is 0 Å². The van der Waals surface area contributed by atoms with Gasteiger partial charge < -0.3 is 19.9 Å². The smallest absolute Gasteiger partial charge is 0.329 e. The number of nitrogens with zero attached hydrogens (tertiary/aromatic N) is 2. The number of carbonyl (C=O) groups is 1. The van der Waals surface area contributed by atoms with Gasteiger partial charge in [0.25, 0.3) is 0 Å². The van der Waals surface area contributed by atoms with Crippen molar-refractivity contribution in [3.63, 3.8) is 0 Å². The Bertz CT molecular complexity index is 1340. The topological polar surface area (TPSA) is 121 Å². The Labute approximate surface area is 216 Å². The molecule has 194 valence electrons. The number of esters is 1. The van der Waals surface area contributed by atoms with Crippen LogP contribution >= 0.6 is 0 Å². The summed E-state index contributed by atoms with van der Waals surface area (Å²) < 4.78 is 42.8. The lowest BCUT2D eigenvalue weighted by Crippen LogP contribution is -2.50. The zero-order chi connectivity index (χ0) is 26.4. The van der Waals surface area contributed by atoms with Crippen molar-refractivity contribution in [3.05, 3.63) is 78.4 Å². The van der Waals surface area contributed by atoms with E-state index in [1.54, 1.807) is 32.4 Å². The lowest BCUT2D eigenvalue weighted by atomic mass is 9.99. The average molecular weight is 524 g/mol. The number of nitrogens with two attached hydrogens (primary N) is 1. The molecule has 10 heteroatoms. The van der Waals surface area contributed by atoms with Crippen molar-refractivity contribution in [1.29, 1.82) is 0 Å². The van der Waals surface area contributed by atoms with Crippen LogP contribution in [-0.4, -0.2) is 58.1 Å². The van der Waals surface area contributed by atoms with Gasteiger partial charge in [0, 0.05) is 6.54 Å². The van der Waals surface area contributed by atoms with Gasteiger partial charge in [-0.2, -0.15) is 4.31 Å². The molecule has 1 aliphatic heterocycles. The minimum absolute atomic E-state index is 0.198. The maximum atomic E-state index is 12.7. The van der Waals surface area contributed by atoms with Gasteiger partial charge in [0.15, 0.2) is 6.40 Å². The van der Waals surface area contributed by atoms with Crippen molar-refractivity contribution in [3.8, 4) is 22.6 Å². The van der Waals surface area contributed by atoms with Gasteiger partial charge in [-0.05, 0) is 48.2 Å². The summed E-state index contributed by atoms with van der Waals surface area (Å²) in [6.07, 6.45) is 1.16. The molecular weight excluding hydrogens is 494 g/mol. The van der Waals surface area contributed by atoms with Gasteiger partial charge >= 0.3 is 5.97 Å². The molecule has 2 N–H and O–H groups in total. The van der Waals surface area contributed by atoms with Crippen LogP contribution in [0.1, 0.15) is 12.0 Å². The molecule has 1 saturated heterocycles. The van der Waals surface area contributed by atoms with Crippen LogP contribution in [0.5, 0.6) is 11.5 Å². The van der Waals surface area contributed by atoms with E-state index in [9.17, 15) is 13.2 Å². The highest BCUT2D eigenvalue weighted by Gasteiger charge is 2.38. The van der Waals surface area contributed by atoms with Crippen molar-refractivity contribution < 1.29 is 27.4 Å². The summed E-state index contributed by atoms with van der Waals surface area (Å²) in [5, 5.41) is 0. The lowest BCUT2D eigenvalue weighted by molar-refractivity contribution is -0.136. The first-order chi connectivity index (χ1) is 17.8. The van der Waals surface area contributed by atoms with Crippen LogP contribution in [0, 0.1) is 0 Å². The van der Waals surface area contributed by atoms with E-state index < -0.39 is 28.2 Å². The third-order valence-electron chi connectivity index (χ3n) is 6.12. The number of methoxy groups -OCH3 is 2. The number of benzene rings is 3. The van der Waals surface area contributed by atoms with E-state index in [0.717, 1.165) is 23.1 Å². The average Bonchev–Trinajstić information content (AvgIpc) is 2.90. The molecule has 1 heterocycles. The molecule has 1 aliphatic rings. The number of aliphatic imine (C=N–C) groups is 1. The molecular formula is C27H29N3O6S. The maximum absolute atomic E-state index is 12.7. The summed E-state index contributed by atoms with van der Waals surface area (Å²) in [6, 6.07) is 20.4. The minimum atomic E-state index is -3.65. The van der Waals surface area contributed by atoms with Crippen LogP contribution in [0.4, 0.5) is 0 Å². The highest BCUT2D eigenvalue weighted by molar-refractivity contribution is 7.89. The zero-order valence-electron chi connectivity index (χ0n) is 20.6. The number of carbonyl (C=O) groups excluding carboxylic acids is 1. The van der Waals surface area contributed by atoms with Gasteiger partial charge in [-0.25, -0.2) is 18.2 Å². The fraction of sp³-hybridized carbons (Fsp3) is 0.259. The Morgan fingerprint density at radius 2 is 1.68 bits per heavy atom. The molecule has 9 nitrogen and oxygen atoms in total. The minimum Gasteiger partial charge on any atom is -0.496 e. The van der Waals surface area contributed by atoms with Crippen LogP contribution in [0.15, 0.2) is 82.7 Å². The standard InChI is InChI=1S/C27H29N3O6S/c1-34-23-9-6-10-24(35-2)26(23)20-13-11-19(12-14-20)17-22(28)27(31)36-18-29-25-15-16-30(25)37(32,33)21-7-4-3-5-8-21/h3-14,18,22,25H,15-17,28H2,1-2H3/t22-,25?/m0/s1. The van der Waals surface area contributed by atoms with Crippen molar-refractivity contribution >= 4 is 22.4 Å². The fourth-order valence-electron chi connectivity index (χ4n) is 4.03. The van der Waals surface area contributed by atoms with E-state index in [-0.39, 0.29) is 11.3 Å². The summed E-state index contributed by atoms with van der Waals surface area (Å²) in [7, 11) is -0.448. The van der Waals surface area contributed by atoms with Gasteiger partial charge in [0.1, 0.15) is 23.7 Å². The molecule has 0 saturated carbocycles. The molecule has 2 atom stereocenters. The van der Waals surface area contributed by atoms with Gasteiger partial charge in [0.2, 0.25) is 10.0 Å². The predicted molar refractivity (Wildman–Crippen MR) is 140 cm³/mol. The first-order valence-electron chi connectivity index (χ1n) is 11.7. The van der Waals surface area contributed by atoms with Crippen LogP contribution in [0.25, 0.3) is 11.1 Å². The number of sulfonamides is 1. The summed E-state index contributed by atoms with van der Waals surface area (Å²) >= 11 is 0. The molecule has 3 aromatic rings. The molecule has 4 rings (SSSR count). The van der Waals surface area contributed by atoms with E-state index >= 15 is 0 Å². The molecule has 3 aromatic carbocycles. The highest BCUT2D eigenvalue weighted by Crippen LogP contribution is 2.38. The number of rotatable bonds is 10. The molecule has 0 aromatic heterocycles. The third kappa shape index (κ3) is 5.82. The fourth-order valence-corrected chi connectivity index (χ4v) is 5.63. The second kappa shape index (κ2) is 11.5. The Balaban J connectivity index is 1.34. The highest BCUT2D eigenvalue weighted by atomic mass is 32.2. The Kier molecular flexibility index (Phi) is 8.22. The number of hydrogen-bond donors (Lipinski definition) is 1. The van der Waals surface area contributed by atoms with E-state index in [2.05, 4.69) is 4.99 Å². The Hall–Kier alpha value is -3.73. The van der Waals surface area contributed by atoms with E-state index in [0.29, 0.717) is 24.5 Å². The Morgan fingerprint density at radius 1 is 1.03 bits per heavy atom. The molecule has 0 radical (unpaired) electrons. The first-order valence-corrected chi connectivity index (χ1v) is 13.1. The van der Waals surface area contributed by atoms with Gasteiger partial charge in [-0.1, -0.05) is 48.5 Å². The van der Waals surface area contributed by atoms with Gasteiger partial charge in [-0.3, -0.25) is 0 Å². The van der Waals surface area contributed by atoms with Crippen LogP contribution < -0.4 is 15.2 Å². The maximum Gasteiger partial charge on any atom is 0.329 e. The SMILES string of the molecule is COc1cccc(OC)c1-c1ccc(C[C@H](N)C(=O)OC=NC2CCN2S(=O)(=O)c2ccccc2)cc1. The van der Waals surface area contributed by atoms with E-state index in [1.165, 1.54) is 16.4 Å².